The molecule has 3 aliphatic rings. The Morgan fingerprint density at radius 1 is 1.10 bits per heavy atom. The first kappa shape index (κ1) is 26.6. The van der Waals surface area contributed by atoms with Crippen LogP contribution in [0.3, 0.4) is 0 Å². The second kappa shape index (κ2) is 13.8. The number of hydrogen-bond donors (Lipinski definition) is 1. The molecule has 1 aromatic heterocycles. The van der Waals surface area contributed by atoms with Gasteiger partial charge in [-0.05, 0) is 85.3 Å². The van der Waals surface area contributed by atoms with Crippen molar-refractivity contribution in [3.05, 3.63) is 24.2 Å². The smallest absolute Gasteiger partial charge is 0.0934 e. The Balaban J connectivity index is 0.000000195. The maximum atomic E-state index is 9.46. The number of ether oxygens (including phenoxy) is 1. The largest absolute Gasteiger partial charge is 0.472 e. The fourth-order valence-electron chi connectivity index (χ4n) is 3.27. The van der Waals surface area contributed by atoms with Crippen molar-refractivity contribution in [3.8, 4) is 0 Å². The predicted molar refractivity (Wildman–Crippen MR) is 127 cm³/mol. The van der Waals surface area contributed by atoms with Gasteiger partial charge in [-0.1, -0.05) is 41.5 Å². The number of furan rings is 1. The van der Waals surface area contributed by atoms with Crippen LogP contribution in [0.15, 0.2) is 23.0 Å². The third-order valence-electron chi connectivity index (χ3n) is 5.34. The molecule has 2 saturated heterocycles. The van der Waals surface area contributed by atoms with Gasteiger partial charge in [0.15, 0.2) is 0 Å². The van der Waals surface area contributed by atoms with Gasteiger partial charge < -0.3 is 14.3 Å². The van der Waals surface area contributed by atoms with E-state index in [1.165, 1.54) is 36.3 Å². The molecule has 0 radical (unpaired) electrons. The minimum Gasteiger partial charge on any atom is -0.472 e. The highest BCUT2D eigenvalue weighted by Crippen LogP contribution is 2.44. The summed E-state index contributed by atoms with van der Waals surface area (Å²) in [7, 11) is 0. The van der Waals surface area contributed by atoms with Gasteiger partial charge in [0.1, 0.15) is 0 Å². The molecule has 4 rings (SSSR count). The van der Waals surface area contributed by atoms with Crippen molar-refractivity contribution in [1.29, 1.82) is 0 Å². The second-order valence-electron chi connectivity index (χ2n) is 10.2. The Morgan fingerprint density at radius 3 is 1.97 bits per heavy atom. The topological polar surface area (TPSA) is 42.6 Å². The van der Waals surface area contributed by atoms with E-state index in [0.717, 1.165) is 50.7 Å². The van der Waals surface area contributed by atoms with Crippen LogP contribution in [-0.2, 0) is 11.2 Å². The van der Waals surface area contributed by atoms with E-state index >= 15 is 0 Å². The Bertz CT molecular complexity index is 487. The molecule has 0 amide bonds. The fourth-order valence-corrected chi connectivity index (χ4v) is 4.57. The normalized spacial score (nSPS) is 22.9. The standard InChI is InChI=1S/C8H16O.C6H12O.C6H8O.C5H10S/c1-7(2,3)6-8(9)4-5-8;1-6-2-4-7-5-3-6;1-2-6-3-4-7-5-6;1-5-2-3-6-4-5/h9H,4-6H2,1-3H3;6H,2-5H2,1H3;3-5H,2H2,1H3;5H,2-4H2,1H3. The highest BCUT2D eigenvalue weighted by atomic mass is 32.2. The summed E-state index contributed by atoms with van der Waals surface area (Å²) < 4.78 is 9.95. The van der Waals surface area contributed by atoms with Gasteiger partial charge >= 0.3 is 0 Å². The molecule has 1 aliphatic carbocycles. The van der Waals surface area contributed by atoms with Gasteiger partial charge in [-0.3, -0.25) is 0 Å². The molecule has 0 aromatic carbocycles. The highest BCUT2D eigenvalue weighted by Gasteiger charge is 2.42. The van der Waals surface area contributed by atoms with Gasteiger partial charge in [0, 0.05) is 13.2 Å². The molecule has 4 heteroatoms. The molecule has 0 bridgehead atoms. The summed E-state index contributed by atoms with van der Waals surface area (Å²) in [6.07, 6.45) is 11.5. The lowest BCUT2D eigenvalue weighted by Gasteiger charge is -2.21. The molecule has 1 atom stereocenters. The van der Waals surface area contributed by atoms with Crippen molar-refractivity contribution in [2.75, 3.05) is 24.7 Å². The summed E-state index contributed by atoms with van der Waals surface area (Å²) >= 11 is 2.08. The highest BCUT2D eigenvalue weighted by molar-refractivity contribution is 7.99. The molecule has 29 heavy (non-hydrogen) atoms. The van der Waals surface area contributed by atoms with Crippen LogP contribution in [0, 0.1) is 17.3 Å². The molecule has 2 aliphatic heterocycles. The number of aryl methyl sites for hydroxylation is 1. The van der Waals surface area contributed by atoms with E-state index in [1.807, 2.05) is 6.07 Å². The Morgan fingerprint density at radius 2 is 1.76 bits per heavy atom. The van der Waals surface area contributed by atoms with E-state index in [9.17, 15) is 5.11 Å². The lowest BCUT2D eigenvalue weighted by molar-refractivity contribution is 0.0716. The summed E-state index contributed by atoms with van der Waals surface area (Å²) in [6, 6.07) is 1.97. The van der Waals surface area contributed by atoms with Crippen LogP contribution in [-0.4, -0.2) is 35.4 Å². The van der Waals surface area contributed by atoms with Crippen molar-refractivity contribution in [1.82, 2.24) is 0 Å². The Labute approximate surface area is 184 Å². The SMILES string of the molecule is CC(C)(C)CC1(O)CC1.CC1CCOCC1.CC1CCSC1.CCc1ccoc1. The first-order valence-electron chi connectivity index (χ1n) is 11.5. The molecular weight excluding hydrogens is 380 g/mol. The molecule has 3 fully saturated rings. The summed E-state index contributed by atoms with van der Waals surface area (Å²) in [6.45, 7) is 15.2. The first-order valence-corrected chi connectivity index (χ1v) is 12.7. The van der Waals surface area contributed by atoms with Gasteiger partial charge in [-0.2, -0.15) is 11.8 Å². The van der Waals surface area contributed by atoms with Gasteiger partial charge in [0.05, 0.1) is 18.1 Å². The quantitative estimate of drug-likeness (QED) is 0.554. The lowest BCUT2D eigenvalue weighted by Crippen LogP contribution is -2.18. The predicted octanol–water partition coefficient (Wildman–Crippen LogP) is 6.98. The van der Waals surface area contributed by atoms with E-state index < -0.39 is 0 Å². The lowest BCUT2D eigenvalue weighted by atomic mass is 9.88. The van der Waals surface area contributed by atoms with Crippen LogP contribution in [0.25, 0.3) is 0 Å². The molecule has 1 aromatic rings. The molecular formula is C25H46O3S. The van der Waals surface area contributed by atoms with Crippen molar-refractivity contribution < 1.29 is 14.3 Å². The summed E-state index contributed by atoms with van der Waals surface area (Å²) in [5.74, 6) is 4.73. The number of rotatable bonds is 2. The maximum absolute atomic E-state index is 9.46. The zero-order valence-corrected chi connectivity index (χ0v) is 20.7. The third kappa shape index (κ3) is 15.1. The van der Waals surface area contributed by atoms with E-state index in [4.69, 9.17) is 9.15 Å². The second-order valence-corrected chi connectivity index (χ2v) is 11.4. The zero-order chi connectivity index (χ0) is 21.8. The Kier molecular flexibility index (Phi) is 12.6. The minimum atomic E-state index is -0.266. The van der Waals surface area contributed by atoms with E-state index in [-0.39, 0.29) is 5.60 Å². The van der Waals surface area contributed by atoms with Crippen molar-refractivity contribution in [2.24, 2.45) is 17.3 Å². The fraction of sp³-hybridized carbons (Fsp3) is 0.840. The van der Waals surface area contributed by atoms with Crippen LogP contribution < -0.4 is 0 Å². The van der Waals surface area contributed by atoms with Crippen LogP contribution in [0.1, 0.15) is 85.6 Å². The maximum Gasteiger partial charge on any atom is 0.0934 e. The van der Waals surface area contributed by atoms with Gasteiger partial charge in [-0.25, -0.2) is 0 Å². The van der Waals surface area contributed by atoms with Crippen molar-refractivity contribution >= 4 is 11.8 Å². The van der Waals surface area contributed by atoms with E-state index in [0.29, 0.717) is 5.41 Å². The van der Waals surface area contributed by atoms with E-state index in [2.05, 4.69) is 53.3 Å². The number of aliphatic hydroxyl groups is 1. The van der Waals surface area contributed by atoms with E-state index in [1.54, 1.807) is 12.5 Å². The Hall–Kier alpha value is -0.450. The summed E-state index contributed by atoms with van der Waals surface area (Å²) in [5, 5.41) is 9.46. The first-order chi connectivity index (χ1) is 13.6. The van der Waals surface area contributed by atoms with Gasteiger partial charge in [0.2, 0.25) is 0 Å². The molecule has 3 heterocycles. The van der Waals surface area contributed by atoms with Crippen LogP contribution in [0.4, 0.5) is 0 Å². The third-order valence-corrected chi connectivity index (χ3v) is 6.67. The van der Waals surface area contributed by atoms with Crippen LogP contribution in [0.5, 0.6) is 0 Å². The van der Waals surface area contributed by atoms with Crippen molar-refractivity contribution in [2.45, 2.75) is 92.1 Å². The average Bonchev–Trinajstić information content (AvgIpc) is 3.09. The molecule has 1 unspecified atom stereocenters. The summed E-state index contributed by atoms with van der Waals surface area (Å²) in [4.78, 5) is 0. The molecule has 0 spiro atoms. The molecule has 1 saturated carbocycles. The van der Waals surface area contributed by atoms with Crippen molar-refractivity contribution in [3.63, 3.8) is 0 Å². The summed E-state index contributed by atoms with van der Waals surface area (Å²) in [5.41, 5.74) is 1.30. The average molecular weight is 427 g/mol. The number of thioether (sulfide) groups is 1. The van der Waals surface area contributed by atoms with Gasteiger partial charge in [-0.15, -0.1) is 0 Å². The van der Waals surface area contributed by atoms with Crippen LogP contribution in [0.2, 0.25) is 0 Å². The van der Waals surface area contributed by atoms with Gasteiger partial charge in [0.25, 0.3) is 0 Å². The monoisotopic (exact) mass is 426 g/mol. The number of hydrogen-bond acceptors (Lipinski definition) is 4. The molecule has 3 nitrogen and oxygen atoms in total. The molecule has 1 N–H and O–H groups in total. The molecule has 170 valence electrons. The zero-order valence-electron chi connectivity index (χ0n) is 19.8. The van der Waals surface area contributed by atoms with Crippen LogP contribution >= 0.6 is 11.8 Å². The minimum absolute atomic E-state index is 0.266.